The first-order valence-electron chi connectivity index (χ1n) is 6.31. The van der Waals surface area contributed by atoms with E-state index in [1.54, 1.807) is 0 Å². The quantitative estimate of drug-likeness (QED) is 0.683. The summed E-state index contributed by atoms with van der Waals surface area (Å²) in [7, 11) is 0. The minimum atomic E-state index is -0.0378. The Morgan fingerprint density at radius 2 is 1.93 bits per heavy atom. The molecular formula is C13H25NO. The molecule has 1 fully saturated rings. The minimum absolute atomic E-state index is 0.0378. The van der Waals surface area contributed by atoms with Crippen molar-refractivity contribution >= 4 is 0 Å². The summed E-state index contributed by atoms with van der Waals surface area (Å²) in [6, 6.07) is 0.702. The van der Waals surface area contributed by atoms with E-state index in [0.717, 1.165) is 38.6 Å². The molecule has 2 heteroatoms. The molecule has 0 radical (unpaired) electrons. The zero-order valence-corrected chi connectivity index (χ0v) is 9.99. The molecule has 0 aromatic heterocycles. The van der Waals surface area contributed by atoms with E-state index in [-0.39, 0.29) is 6.10 Å². The summed E-state index contributed by atoms with van der Waals surface area (Å²) in [5.74, 6) is 0. The van der Waals surface area contributed by atoms with Crippen LogP contribution in [0.5, 0.6) is 0 Å². The predicted octanol–water partition coefficient (Wildman–Crippen LogP) is 2.58. The summed E-state index contributed by atoms with van der Waals surface area (Å²) >= 11 is 0. The van der Waals surface area contributed by atoms with E-state index in [2.05, 4.69) is 18.4 Å². The smallest absolute Gasteiger partial charge is 0.0541 e. The van der Waals surface area contributed by atoms with Crippen molar-refractivity contribution in [3.63, 3.8) is 0 Å². The van der Waals surface area contributed by atoms with Gasteiger partial charge in [-0.1, -0.05) is 13.0 Å². The van der Waals surface area contributed by atoms with E-state index < -0.39 is 0 Å². The van der Waals surface area contributed by atoms with Crippen LogP contribution >= 0.6 is 0 Å². The van der Waals surface area contributed by atoms with Crippen molar-refractivity contribution in [3.8, 4) is 0 Å². The molecule has 1 N–H and O–H groups in total. The van der Waals surface area contributed by atoms with Gasteiger partial charge in [0.05, 0.1) is 6.10 Å². The molecule has 2 nitrogen and oxygen atoms in total. The molecule has 0 amide bonds. The monoisotopic (exact) mass is 211 g/mol. The maximum absolute atomic E-state index is 9.48. The Labute approximate surface area is 94.0 Å². The Bertz CT molecular complexity index is 173. The maximum atomic E-state index is 9.48. The van der Waals surface area contributed by atoms with Gasteiger partial charge in [0, 0.05) is 12.6 Å². The van der Waals surface area contributed by atoms with Crippen LogP contribution in [-0.2, 0) is 0 Å². The van der Waals surface area contributed by atoms with Crippen LogP contribution in [0.15, 0.2) is 12.7 Å². The first-order valence-corrected chi connectivity index (χ1v) is 6.31. The highest BCUT2D eigenvalue weighted by atomic mass is 16.3. The highest BCUT2D eigenvalue weighted by Crippen LogP contribution is 2.23. The first-order chi connectivity index (χ1) is 7.27. The lowest BCUT2D eigenvalue weighted by Crippen LogP contribution is -2.40. The molecule has 0 saturated heterocycles. The SMILES string of the molecule is C=CCCN(CCC)C1CCC(O)CC1. The highest BCUT2D eigenvalue weighted by molar-refractivity contribution is 4.81. The molecule has 0 aromatic rings. The third-order valence-electron chi connectivity index (χ3n) is 3.31. The van der Waals surface area contributed by atoms with Crippen LogP contribution in [0.3, 0.4) is 0 Å². The molecule has 0 heterocycles. The van der Waals surface area contributed by atoms with Gasteiger partial charge in [-0.3, -0.25) is 0 Å². The van der Waals surface area contributed by atoms with Crippen LogP contribution < -0.4 is 0 Å². The van der Waals surface area contributed by atoms with Gasteiger partial charge in [-0.25, -0.2) is 0 Å². The Morgan fingerprint density at radius 3 is 2.47 bits per heavy atom. The molecule has 0 bridgehead atoms. The van der Waals surface area contributed by atoms with Crippen molar-refractivity contribution in [2.45, 2.75) is 57.6 Å². The number of aliphatic hydroxyl groups is 1. The summed E-state index contributed by atoms with van der Waals surface area (Å²) in [5, 5.41) is 9.48. The van der Waals surface area contributed by atoms with Crippen LogP contribution in [0.25, 0.3) is 0 Å². The van der Waals surface area contributed by atoms with Crippen LogP contribution in [0, 0.1) is 0 Å². The van der Waals surface area contributed by atoms with E-state index in [4.69, 9.17) is 0 Å². The van der Waals surface area contributed by atoms with Crippen molar-refractivity contribution in [3.05, 3.63) is 12.7 Å². The Kier molecular flexibility index (Phi) is 5.96. The van der Waals surface area contributed by atoms with Gasteiger partial charge in [-0.05, 0) is 45.1 Å². The lowest BCUT2D eigenvalue weighted by atomic mass is 9.92. The molecular weight excluding hydrogens is 186 g/mol. The lowest BCUT2D eigenvalue weighted by Gasteiger charge is -2.35. The van der Waals surface area contributed by atoms with Gasteiger partial charge in [-0.15, -0.1) is 6.58 Å². The van der Waals surface area contributed by atoms with Crippen LogP contribution in [0.1, 0.15) is 45.4 Å². The molecule has 0 unspecified atom stereocenters. The highest BCUT2D eigenvalue weighted by Gasteiger charge is 2.23. The zero-order chi connectivity index (χ0) is 11.1. The summed E-state index contributed by atoms with van der Waals surface area (Å²) in [5.41, 5.74) is 0. The standard InChI is InChI=1S/C13H25NO/c1-3-5-11-14(10-4-2)12-6-8-13(15)9-7-12/h3,12-13,15H,1,4-11H2,2H3. The minimum Gasteiger partial charge on any atom is -0.393 e. The average Bonchev–Trinajstić information content (AvgIpc) is 2.25. The van der Waals surface area contributed by atoms with Crippen molar-refractivity contribution in [2.24, 2.45) is 0 Å². The van der Waals surface area contributed by atoms with Gasteiger partial charge >= 0.3 is 0 Å². The van der Waals surface area contributed by atoms with E-state index in [1.165, 1.54) is 13.0 Å². The van der Waals surface area contributed by atoms with Crippen molar-refractivity contribution in [1.29, 1.82) is 0 Å². The van der Waals surface area contributed by atoms with Gasteiger partial charge in [-0.2, -0.15) is 0 Å². The molecule has 15 heavy (non-hydrogen) atoms. The number of hydrogen-bond acceptors (Lipinski definition) is 2. The number of aliphatic hydroxyl groups excluding tert-OH is 1. The summed E-state index contributed by atoms with van der Waals surface area (Å²) in [6.07, 6.45) is 8.56. The number of nitrogens with zero attached hydrogens (tertiary/aromatic N) is 1. The molecule has 1 saturated carbocycles. The normalized spacial score (nSPS) is 26.9. The Balaban J connectivity index is 2.36. The molecule has 88 valence electrons. The fraction of sp³-hybridized carbons (Fsp3) is 0.846. The fourth-order valence-corrected chi connectivity index (χ4v) is 2.44. The fourth-order valence-electron chi connectivity index (χ4n) is 2.44. The predicted molar refractivity (Wildman–Crippen MR) is 64.9 cm³/mol. The molecule has 0 aliphatic heterocycles. The van der Waals surface area contributed by atoms with Gasteiger partial charge in [0.25, 0.3) is 0 Å². The summed E-state index contributed by atoms with van der Waals surface area (Å²) < 4.78 is 0. The first kappa shape index (κ1) is 12.7. The van der Waals surface area contributed by atoms with Crippen molar-refractivity contribution < 1.29 is 5.11 Å². The second-order valence-electron chi connectivity index (χ2n) is 4.58. The molecule has 1 aliphatic rings. The topological polar surface area (TPSA) is 23.5 Å². The third kappa shape index (κ3) is 4.35. The van der Waals surface area contributed by atoms with Gasteiger partial charge < -0.3 is 10.0 Å². The van der Waals surface area contributed by atoms with Crippen LogP contribution in [-0.4, -0.2) is 35.2 Å². The number of hydrogen-bond donors (Lipinski definition) is 1. The molecule has 0 spiro atoms. The maximum Gasteiger partial charge on any atom is 0.0541 e. The van der Waals surface area contributed by atoms with E-state index >= 15 is 0 Å². The largest absolute Gasteiger partial charge is 0.393 e. The number of rotatable bonds is 6. The zero-order valence-electron chi connectivity index (χ0n) is 9.99. The average molecular weight is 211 g/mol. The summed E-state index contributed by atoms with van der Waals surface area (Å²) in [6.45, 7) is 8.34. The van der Waals surface area contributed by atoms with E-state index in [9.17, 15) is 5.11 Å². The van der Waals surface area contributed by atoms with Gasteiger partial charge in [0.2, 0.25) is 0 Å². The Hall–Kier alpha value is -0.340. The second-order valence-corrected chi connectivity index (χ2v) is 4.58. The van der Waals surface area contributed by atoms with Crippen molar-refractivity contribution in [1.82, 2.24) is 4.90 Å². The molecule has 1 aliphatic carbocycles. The Morgan fingerprint density at radius 1 is 1.27 bits per heavy atom. The lowest BCUT2D eigenvalue weighted by molar-refractivity contribution is 0.0743. The van der Waals surface area contributed by atoms with Crippen LogP contribution in [0.2, 0.25) is 0 Å². The molecule has 0 atom stereocenters. The van der Waals surface area contributed by atoms with E-state index in [0.29, 0.717) is 6.04 Å². The third-order valence-corrected chi connectivity index (χ3v) is 3.31. The van der Waals surface area contributed by atoms with Crippen molar-refractivity contribution in [2.75, 3.05) is 13.1 Å². The van der Waals surface area contributed by atoms with Crippen LogP contribution in [0.4, 0.5) is 0 Å². The second kappa shape index (κ2) is 7.02. The van der Waals surface area contributed by atoms with E-state index in [1.807, 2.05) is 6.08 Å². The van der Waals surface area contributed by atoms with Gasteiger partial charge in [0.1, 0.15) is 0 Å². The summed E-state index contributed by atoms with van der Waals surface area (Å²) in [4.78, 5) is 2.58. The van der Waals surface area contributed by atoms with Gasteiger partial charge in [0.15, 0.2) is 0 Å². The molecule has 0 aromatic carbocycles. The molecule has 1 rings (SSSR count).